The van der Waals surface area contributed by atoms with E-state index in [2.05, 4.69) is 11.8 Å². The van der Waals surface area contributed by atoms with E-state index >= 15 is 0 Å². The SMILES string of the molecule is CCC#CCC(C)(C)C(=O)OCC. The first kappa shape index (κ1) is 12.0. The number of ether oxygens (including phenoxy) is 1. The summed E-state index contributed by atoms with van der Waals surface area (Å²) in [5.74, 6) is 5.74. The first-order valence-electron chi connectivity index (χ1n) is 4.67. The van der Waals surface area contributed by atoms with Gasteiger partial charge in [0.1, 0.15) is 0 Å². The van der Waals surface area contributed by atoms with Crippen LogP contribution in [0.3, 0.4) is 0 Å². The molecule has 0 unspecified atom stereocenters. The Morgan fingerprint density at radius 3 is 2.38 bits per heavy atom. The van der Waals surface area contributed by atoms with E-state index in [0.717, 1.165) is 6.42 Å². The average molecular weight is 182 g/mol. The Hall–Kier alpha value is -0.970. The van der Waals surface area contributed by atoms with Gasteiger partial charge in [-0.25, -0.2) is 0 Å². The van der Waals surface area contributed by atoms with Crippen LogP contribution in [0.25, 0.3) is 0 Å². The maximum absolute atomic E-state index is 11.4. The van der Waals surface area contributed by atoms with Gasteiger partial charge < -0.3 is 4.74 Å². The van der Waals surface area contributed by atoms with E-state index < -0.39 is 5.41 Å². The first-order chi connectivity index (χ1) is 6.04. The van der Waals surface area contributed by atoms with Gasteiger partial charge in [0.15, 0.2) is 0 Å². The quantitative estimate of drug-likeness (QED) is 0.495. The molecule has 0 aliphatic heterocycles. The van der Waals surface area contributed by atoms with E-state index in [1.54, 1.807) is 0 Å². The highest BCUT2D eigenvalue weighted by molar-refractivity contribution is 5.76. The lowest BCUT2D eigenvalue weighted by molar-refractivity contribution is -0.153. The molecule has 74 valence electrons. The molecule has 2 nitrogen and oxygen atoms in total. The fourth-order valence-corrected chi connectivity index (χ4v) is 0.807. The molecule has 0 N–H and O–H groups in total. The number of esters is 1. The number of hydrogen-bond acceptors (Lipinski definition) is 2. The van der Waals surface area contributed by atoms with Crippen LogP contribution < -0.4 is 0 Å². The second-order valence-corrected chi connectivity index (χ2v) is 3.49. The average Bonchev–Trinajstić information content (AvgIpc) is 2.05. The fourth-order valence-electron chi connectivity index (χ4n) is 0.807. The zero-order chi connectivity index (χ0) is 10.3. The van der Waals surface area contributed by atoms with Gasteiger partial charge in [-0.3, -0.25) is 4.79 Å². The minimum atomic E-state index is -0.474. The summed E-state index contributed by atoms with van der Waals surface area (Å²) in [5.41, 5.74) is -0.474. The predicted molar refractivity (Wildman–Crippen MR) is 53.1 cm³/mol. The second kappa shape index (κ2) is 5.64. The molecule has 0 bridgehead atoms. The van der Waals surface area contributed by atoms with E-state index in [0.29, 0.717) is 13.0 Å². The van der Waals surface area contributed by atoms with E-state index in [9.17, 15) is 4.79 Å². The molecule has 0 atom stereocenters. The zero-order valence-corrected chi connectivity index (χ0v) is 8.94. The maximum Gasteiger partial charge on any atom is 0.312 e. The molecule has 2 heteroatoms. The second-order valence-electron chi connectivity index (χ2n) is 3.49. The van der Waals surface area contributed by atoms with Crippen LogP contribution in [0.1, 0.15) is 40.5 Å². The van der Waals surface area contributed by atoms with Crippen molar-refractivity contribution >= 4 is 5.97 Å². The summed E-state index contributed by atoms with van der Waals surface area (Å²) in [7, 11) is 0. The molecular formula is C11H18O2. The highest BCUT2D eigenvalue weighted by atomic mass is 16.5. The molecule has 0 aliphatic carbocycles. The summed E-state index contributed by atoms with van der Waals surface area (Å²) in [6, 6.07) is 0. The predicted octanol–water partition coefficient (Wildman–Crippen LogP) is 2.38. The van der Waals surface area contributed by atoms with Crippen LogP contribution in [0.4, 0.5) is 0 Å². The molecule has 0 heterocycles. The fraction of sp³-hybridized carbons (Fsp3) is 0.727. The number of carbonyl (C=O) groups excluding carboxylic acids is 1. The van der Waals surface area contributed by atoms with Crippen LogP contribution in [0.5, 0.6) is 0 Å². The topological polar surface area (TPSA) is 26.3 Å². The van der Waals surface area contributed by atoms with E-state index in [4.69, 9.17) is 4.74 Å². The summed E-state index contributed by atoms with van der Waals surface area (Å²) >= 11 is 0. The largest absolute Gasteiger partial charge is 0.466 e. The van der Waals surface area contributed by atoms with Gasteiger partial charge in [-0.1, -0.05) is 6.92 Å². The summed E-state index contributed by atoms with van der Waals surface area (Å²) < 4.78 is 4.93. The van der Waals surface area contributed by atoms with Crippen LogP contribution in [0.2, 0.25) is 0 Å². The minimum Gasteiger partial charge on any atom is -0.466 e. The summed E-state index contributed by atoms with van der Waals surface area (Å²) in [4.78, 5) is 11.4. The lowest BCUT2D eigenvalue weighted by Gasteiger charge is -2.18. The molecule has 0 aromatic heterocycles. The Morgan fingerprint density at radius 1 is 1.31 bits per heavy atom. The molecule has 0 aromatic rings. The smallest absolute Gasteiger partial charge is 0.312 e. The minimum absolute atomic E-state index is 0.166. The van der Waals surface area contributed by atoms with Crippen molar-refractivity contribution in [2.75, 3.05) is 6.61 Å². The Morgan fingerprint density at radius 2 is 1.92 bits per heavy atom. The zero-order valence-electron chi connectivity index (χ0n) is 8.94. The molecule has 0 amide bonds. The molecule has 0 spiro atoms. The summed E-state index contributed by atoms with van der Waals surface area (Å²) in [6.45, 7) is 7.95. The molecule has 0 saturated carbocycles. The third-order valence-electron chi connectivity index (χ3n) is 1.66. The van der Waals surface area contributed by atoms with Gasteiger partial charge in [-0.05, 0) is 20.8 Å². The Labute approximate surface area is 80.7 Å². The van der Waals surface area contributed by atoms with Crippen molar-refractivity contribution in [2.45, 2.75) is 40.5 Å². The van der Waals surface area contributed by atoms with Crippen molar-refractivity contribution in [1.29, 1.82) is 0 Å². The normalized spacial score (nSPS) is 10.2. The first-order valence-corrected chi connectivity index (χ1v) is 4.67. The molecular weight excluding hydrogens is 164 g/mol. The van der Waals surface area contributed by atoms with Crippen LogP contribution in [0.15, 0.2) is 0 Å². The van der Waals surface area contributed by atoms with Gasteiger partial charge in [-0.2, -0.15) is 0 Å². The van der Waals surface area contributed by atoms with E-state index in [-0.39, 0.29) is 5.97 Å². The van der Waals surface area contributed by atoms with Crippen LogP contribution in [-0.2, 0) is 9.53 Å². The van der Waals surface area contributed by atoms with E-state index in [1.165, 1.54) is 0 Å². The molecule has 0 aromatic carbocycles. The summed E-state index contributed by atoms with van der Waals surface area (Å²) in [5, 5.41) is 0. The highest BCUT2D eigenvalue weighted by Gasteiger charge is 2.27. The molecule has 0 rings (SSSR count). The van der Waals surface area contributed by atoms with Crippen LogP contribution >= 0.6 is 0 Å². The third kappa shape index (κ3) is 4.57. The Kier molecular flexibility index (Phi) is 5.22. The molecule has 0 fully saturated rings. The number of hydrogen-bond donors (Lipinski definition) is 0. The summed E-state index contributed by atoms with van der Waals surface area (Å²) in [6.07, 6.45) is 1.40. The van der Waals surface area contributed by atoms with Gasteiger partial charge >= 0.3 is 5.97 Å². The van der Waals surface area contributed by atoms with Crippen molar-refractivity contribution in [3.63, 3.8) is 0 Å². The van der Waals surface area contributed by atoms with Crippen LogP contribution in [0, 0.1) is 17.3 Å². The van der Waals surface area contributed by atoms with Crippen molar-refractivity contribution < 1.29 is 9.53 Å². The van der Waals surface area contributed by atoms with Gasteiger partial charge in [0.25, 0.3) is 0 Å². The van der Waals surface area contributed by atoms with Gasteiger partial charge in [0, 0.05) is 12.8 Å². The van der Waals surface area contributed by atoms with Crippen molar-refractivity contribution in [1.82, 2.24) is 0 Å². The standard InChI is InChI=1S/C11H18O2/c1-5-7-8-9-11(3,4)10(12)13-6-2/h5-6,9H2,1-4H3. The number of carbonyl (C=O) groups is 1. The lowest BCUT2D eigenvalue weighted by atomic mass is 9.90. The molecule has 0 saturated heterocycles. The van der Waals surface area contributed by atoms with E-state index in [1.807, 2.05) is 27.7 Å². The number of rotatable bonds is 3. The van der Waals surface area contributed by atoms with Crippen molar-refractivity contribution in [3.8, 4) is 11.8 Å². The van der Waals surface area contributed by atoms with Crippen molar-refractivity contribution in [3.05, 3.63) is 0 Å². The monoisotopic (exact) mass is 182 g/mol. The Balaban J connectivity index is 4.13. The molecule has 0 radical (unpaired) electrons. The van der Waals surface area contributed by atoms with Gasteiger partial charge in [0.05, 0.1) is 12.0 Å². The Bertz CT molecular complexity index is 218. The maximum atomic E-state index is 11.4. The van der Waals surface area contributed by atoms with Crippen LogP contribution in [-0.4, -0.2) is 12.6 Å². The third-order valence-corrected chi connectivity index (χ3v) is 1.66. The van der Waals surface area contributed by atoms with Crippen molar-refractivity contribution in [2.24, 2.45) is 5.41 Å². The van der Waals surface area contributed by atoms with Gasteiger partial charge in [0.2, 0.25) is 0 Å². The molecule has 13 heavy (non-hydrogen) atoms. The van der Waals surface area contributed by atoms with Gasteiger partial charge in [-0.15, -0.1) is 11.8 Å². The lowest BCUT2D eigenvalue weighted by Crippen LogP contribution is -2.26. The highest BCUT2D eigenvalue weighted by Crippen LogP contribution is 2.21. The molecule has 0 aliphatic rings.